The van der Waals surface area contributed by atoms with E-state index in [1.807, 2.05) is 31.2 Å². The van der Waals surface area contributed by atoms with Crippen LogP contribution in [-0.4, -0.2) is 19.3 Å². The number of sulfonamides is 1. The number of hydrogen-bond donors (Lipinski definition) is 0. The van der Waals surface area contributed by atoms with Gasteiger partial charge in [0.1, 0.15) is 5.82 Å². The highest BCUT2D eigenvalue weighted by Crippen LogP contribution is 2.27. The van der Waals surface area contributed by atoms with Crippen LogP contribution in [0.2, 0.25) is 0 Å². The standard InChI is InChI=1S/C16H17BrFNO2S/c1-3-19(11-13-7-5-4-6-12(13)2)22(20,21)16-9-8-14(18)10-15(16)17/h4-10H,3,11H2,1-2H3. The normalized spacial score (nSPS) is 11.9. The van der Waals surface area contributed by atoms with E-state index in [2.05, 4.69) is 15.9 Å². The molecule has 0 aromatic heterocycles. The van der Waals surface area contributed by atoms with Crippen LogP contribution in [0.15, 0.2) is 51.8 Å². The maximum Gasteiger partial charge on any atom is 0.244 e. The lowest BCUT2D eigenvalue weighted by Gasteiger charge is -2.22. The van der Waals surface area contributed by atoms with Gasteiger partial charge in [-0.2, -0.15) is 4.31 Å². The van der Waals surface area contributed by atoms with Crippen molar-refractivity contribution in [3.05, 3.63) is 63.9 Å². The molecule has 22 heavy (non-hydrogen) atoms. The molecule has 0 heterocycles. The van der Waals surface area contributed by atoms with Crippen molar-refractivity contribution < 1.29 is 12.8 Å². The van der Waals surface area contributed by atoms with Crippen LogP contribution in [-0.2, 0) is 16.6 Å². The van der Waals surface area contributed by atoms with E-state index in [4.69, 9.17) is 0 Å². The highest BCUT2D eigenvalue weighted by molar-refractivity contribution is 9.10. The van der Waals surface area contributed by atoms with Crippen molar-refractivity contribution in [3.8, 4) is 0 Å². The SMILES string of the molecule is CCN(Cc1ccccc1C)S(=O)(=O)c1ccc(F)cc1Br. The quantitative estimate of drug-likeness (QED) is 0.776. The van der Waals surface area contributed by atoms with Crippen LogP contribution in [0.3, 0.4) is 0 Å². The molecule has 0 aliphatic heterocycles. The summed E-state index contributed by atoms with van der Waals surface area (Å²) in [6, 6.07) is 11.3. The largest absolute Gasteiger partial charge is 0.244 e. The van der Waals surface area contributed by atoms with Crippen LogP contribution in [0, 0.1) is 12.7 Å². The van der Waals surface area contributed by atoms with E-state index in [0.29, 0.717) is 6.54 Å². The van der Waals surface area contributed by atoms with Crippen LogP contribution in [0.1, 0.15) is 18.1 Å². The van der Waals surface area contributed by atoms with Crippen LogP contribution in [0.4, 0.5) is 4.39 Å². The molecule has 0 radical (unpaired) electrons. The van der Waals surface area contributed by atoms with E-state index >= 15 is 0 Å². The number of rotatable bonds is 5. The van der Waals surface area contributed by atoms with Crippen molar-refractivity contribution in [2.45, 2.75) is 25.3 Å². The van der Waals surface area contributed by atoms with Crippen LogP contribution < -0.4 is 0 Å². The molecule has 2 rings (SSSR count). The molecule has 0 atom stereocenters. The van der Waals surface area contributed by atoms with Crippen LogP contribution in [0.5, 0.6) is 0 Å². The Morgan fingerprint density at radius 2 is 1.86 bits per heavy atom. The Morgan fingerprint density at radius 3 is 2.45 bits per heavy atom. The first-order valence-electron chi connectivity index (χ1n) is 6.86. The highest BCUT2D eigenvalue weighted by Gasteiger charge is 2.26. The molecule has 2 aromatic rings. The van der Waals surface area contributed by atoms with Gasteiger partial charge in [-0.3, -0.25) is 0 Å². The third kappa shape index (κ3) is 3.56. The van der Waals surface area contributed by atoms with Gasteiger partial charge < -0.3 is 0 Å². The van der Waals surface area contributed by atoms with Crippen LogP contribution >= 0.6 is 15.9 Å². The molecule has 2 aromatic carbocycles. The average molecular weight is 386 g/mol. The number of halogens is 2. The van der Waals surface area contributed by atoms with Gasteiger partial charge in [-0.15, -0.1) is 0 Å². The maximum atomic E-state index is 13.2. The monoisotopic (exact) mass is 385 g/mol. The summed E-state index contributed by atoms with van der Waals surface area (Å²) in [5, 5.41) is 0. The highest BCUT2D eigenvalue weighted by atomic mass is 79.9. The molecule has 0 aliphatic rings. The van der Waals surface area contributed by atoms with E-state index < -0.39 is 15.8 Å². The zero-order valence-electron chi connectivity index (χ0n) is 12.4. The lowest BCUT2D eigenvalue weighted by molar-refractivity contribution is 0.422. The Morgan fingerprint density at radius 1 is 1.18 bits per heavy atom. The molecule has 0 N–H and O–H groups in total. The second-order valence-corrected chi connectivity index (χ2v) is 7.69. The molecule has 0 saturated heterocycles. The summed E-state index contributed by atoms with van der Waals surface area (Å²) in [5.41, 5.74) is 1.99. The topological polar surface area (TPSA) is 37.4 Å². The van der Waals surface area contributed by atoms with Gasteiger partial charge in [0.15, 0.2) is 0 Å². The molecule has 0 aliphatic carbocycles. The van der Waals surface area contributed by atoms with Crippen molar-refractivity contribution in [1.82, 2.24) is 4.31 Å². The number of benzene rings is 2. The van der Waals surface area contributed by atoms with Crippen molar-refractivity contribution in [1.29, 1.82) is 0 Å². The molecule has 0 saturated carbocycles. The molecule has 3 nitrogen and oxygen atoms in total. The smallest absolute Gasteiger partial charge is 0.207 e. The fraction of sp³-hybridized carbons (Fsp3) is 0.250. The van der Waals surface area contributed by atoms with E-state index in [1.54, 1.807) is 6.92 Å². The Hall–Kier alpha value is -1.24. The zero-order valence-corrected chi connectivity index (χ0v) is 14.8. The predicted octanol–water partition coefficient (Wildman–Crippen LogP) is 4.11. The number of hydrogen-bond acceptors (Lipinski definition) is 2. The fourth-order valence-corrected chi connectivity index (χ4v) is 4.60. The summed E-state index contributed by atoms with van der Waals surface area (Å²) in [4.78, 5) is 0.0735. The van der Waals surface area contributed by atoms with Gasteiger partial charge in [-0.1, -0.05) is 31.2 Å². The second kappa shape index (κ2) is 6.89. The van der Waals surface area contributed by atoms with Gasteiger partial charge in [0.25, 0.3) is 0 Å². The first-order valence-corrected chi connectivity index (χ1v) is 9.09. The number of aryl methyl sites for hydroxylation is 1. The third-order valence-electron chi connectivity index (χ3n) is 3.47. The molecule has 118 valence electrons. The average Bonchev–Trinajstić information content (AvgIpc) is 2.45. The molecule has 0 bridgehead atoms. The summed E-state index contributed by atoms with van der Waals surface area (Å²) in [5.74, 6) is -0.479. The van der Waals surface area contributed by atoms with Gasteiger partial charge in [-0.05, 0) is 52.2 Å². The minimum Gasteiger partial charge on any atom is -0.207 e. The van der Waals surface area contributed by atoms with Crippen molar-refractivity contribution in [2.75, 3.05) is 6.54 Å². The maximum absolute atomic E-state index is 13.2. The molecule has 6 heteroatoms. The Bertz CT molecular complexity index is 777. The van der Waals surface area contributed by atoms with Crippen molar-refractivity contribution >= 4 is 26.0 Å². The molecule has 0 spiro atoms. The van der Waals surface area contributed by atoms with Gasteiger partial charge in [0.05, 0.1) is 4.90 Å². The van der Waals surface area contributed by atoms with E-state index in [9.17, 15) is 12.8 Å². The lowest BCUT2D eigenvalue weighted by Crippen LogP contribution is -2.31. The van der Waals surface area contributed by atoms with Gasteiger partial charge in [0, 0.05) is 17.6 Å². The van der Waals surface area contributed by atoms with Crippen LogP contribution in [0.25, 0.3) is 0 Å². The zero-order chi connectivity index (χ0) is 16.3. The van der Waals surface area contributed by atoms with Gasteiger partial charge in [-0.25, -0.2) is 12.8 Å². The van der Waals surface area contributed by atoms with Gasteiger partial charge >= 0.3 is 0 Å². The van der Waals surface area contributed by atoms with E-state index in [1.165, 1.54) is 10.4 Å². The molecule has 0 amide bonds. The Labute approximate surface area is 139 Å². The molecule has 0 unspecified atom stereocenters. The molecular weight excluding hydrogens is 369 g/mol. The summed E-state index contributed by atoms with van der Waals surface area (Å²) >= 11 is 3.13. The lowest BCUT2D eigenvalue weighted by atomic mass is 10.1. The molecule has 0 fully saturated rings. The third-order valence-corrected chi connectivity index (χ3v) is 6.37. The van der Waals surface area contributed by atoms with Gasteiger partial charge in [0.2, 0.25) is 10.0 Å². The summed E-state index contributed by atoms with van der Waals surface area (Å²) in [7, 11) is -3.69. The molecular formula is C16H17BrFNO2S. The fourth-order valence-electron chi connectivity index (χ4n) is 2.17. The van der Waals surface area contributed by atoms with Crippen molar-refractivity contribution in [3.63, 3.8) is 0 Å². The first-order chi connectivity index (χ1) is 10.4. The minimum absolute atomic E-state index is 0.0735. The Balaban J connectivity index is 2.39. The summed E-state index contributed by atoms with van der Waals surface area (Å²) < 4.78 is 40.4. The second-order valence-electron chi connectivity index (χ2n) is 4.93. The predicted molar refractivity (Wildman–Crippen MR) is 88.5 cm³/mol. The minimum atomic E-state index is -3.69. The summed E-state index contributed by atoms with van der Waals surface area (Å²) in [6.45, 7) is 4.35. The van der Waals surface area contributed by atoms with E-state index in [0.717, 1.165) is 23.3 Å². The number of nitrogens with zero attached hydrogens (tertiary/aromatic N) is 1. The van der Waals surface area contributed by atoms with Crippen molar-refractivity contribution in [2.24, 2.45) is 0 Å². The summed E-state index contributed by atoms with van der Waals surface area (Å²) in [6.07, 6.45) is 0. The Kier molecular flexibility index (Phi) is 5.36. The van der Waals surface area contributed by atoms with E-state index in [-0.39, 0.29) is 15.9 Å². The first kappa shape index (κ1) is 17.1.